The van der Waals surface area contributed by atoms with E-state index in [2.05, 4.69) is 5.32 Å². The lowest BCUT2D eigenvalue weighted by Gasteiger charge is -2.17. The summed E-state index contributed by atoms with van der Waals surface area (Å²) in [7, 11) is 0. The molecule has 1 atom stereocenters. The molecule has 0 bridgehead atoms. The monoisotopic (exact) mass is 291 g/mol. The lowest BCUT2D eigenvalue weighted by atomic mass is 10.2. The van der Waals surface area contributed by atoms with E-state index in [-0.39, 0.29) is 13.0 Å². The van der Waals surface area contributed by atoms with Crippen molar-refractivity contribution < 1.29 is 34.5 Å². The summed E-state index contributed by atoms with van der Waals surface area (Å²) in [6, 6.07) is -1.11. The molecular formula is C10H17N3O7. The number of amides is 1. The first-order chi connectivity index (χ1) is 9.22. The van der Waals surface area contributed by atoms with Crippen molar-refractivity contribution in [2.24, 2.45) is 5.73 Å². The highest BCUT2D eigenvalue weighted by Crippen LogP contribution is 1.90. The molecule has 10 nitrogen and oxygen atoms in total. The average molecular weight is 291 g/mol. The SMILES string of the molecule is N[C@@H](CCNC(=O)CN(CC(=O)O)CC(=O)O)C(=O)O. The van der Waals surface area contributed by atoms with Gasteiger partial charge in [-0.05, 0) is 6.42 Å². The van der Waals surface area contributed by atoms with Crippen molar-refractivity contribution in [2.75, 3.05) is 26.2 Å². The second-order valence-corrected chi connectivity index (χ2v) is 4.02. The largest absolute Gasteiger partial charge is 0.480 e. The summed E-state index contributed by atoms with van der Waals surface area (Å²) in [5.41, 5.74) is 5.22. The molecule has 0 saturated carbocycles. The third kappa shape index (κ3) is 8.83. The molecule has 0 aliphatic carbocycles. The zero-order valence-electron chi connectivity index (χ0n) is 10.6. The van der Waals surface area contributed by atoms with E-state index >= 15 is 0 Å². The molecule has 0 aromatic carbocycles. The van der Waals surface area contributed by atoms with Gasteiger partial charge in [-0.15, -0.1) is 0 Å². The molecule has 0 heterocycles. The number of carbonyl (C=O) groups excluding carboxylic acids is 1. The standard InChI is InChI=1S/C10H17N3O7/c11-6(10(19)20)1-2-12-7(14)3-13(4-8(15)16)5-9(17)18/h6H,1-5,11H2,(H,12,14)(H,15,16)(H,17,18)(H,19,20)/t6-/m0/s1. The van der Waals surface area contributed by atoms with E-state index in [1.807, 2.05) is 0 Å². The zero-order chi connectivity index (χ0) is 15.7. The lowest BCUT2D eigenvalue weighted by Crippen LogP contribution is -2.43. The summed E-state index contributed by atoms with van der Waals surface area (Å²) in [5.74, 6) is -4.32. The number of hydrogen-bond donors (Lipinski definition) is 5. The minimum atomic E-state index is -1.26. The minimum Gasteiger partial charge on any atom is -0.480 e. The molecule has 0 unspecified atom stereocenters. The van der Waals surface area contributed by atoms with E-state index in [4.69, 9.17) is 21.1 Å². The molecule has 0 aliphatic rings. The van der Waals surface area contributed by atoms with Crippen LogP contribution in [0.4, 0.5) is 0 Å². The van der Waals surface area contributed by atoms with Crippen LogP contribution in [0.5, 0.6) is 0 Å². The van der Waals surface area contributed by atoms with Gasteiger partial charge in [-0.25, -0.2) is 0 Å². The van der Waals surface area contributed by atoms with Gasteiger partial charge < -0.3 is 26.4 Å². The zero-order valence-corrected chi connectivity index (χ0v) is 10.6. The Balaban J connectivity index is 4.15. The van der Waals surface area contributed by atoms with Crippen LogP contribution in [-0.4, -0.2) is 76.3 Å². The van der Waals surface area contributed by atoms with Crippen molar-refractivity contribution in [3.63, 3.8) is 0 Å². The molecular weight excluding hydrogens is 274 g/mol. The smallest absolute Gasteiger partial charge is 0.320 e. The van der Waals surface area contributed by atoms with Gasteiger partial charge in [0, 0.05) is 6.54 Å². The topological polar surface area (TPSA) is 170 Å². The normalized spacial score (nSPS) is 11.9. The summed E-state index contributed by atoms with van der Waals surface area (Å²) < 4.78 is 0. The van der Waals surface area contributed by atoms with E-state index in [0.717, 1.165) is 4.90 Å². The maximum absolute atomic E-state index is 11.4. The maximum atomic E-state index is 11.4. The van der Waals surface area contributed by atoms with E-state index in [0.29, 0.717) is 0 Å². The van der Waals surface area contributed by atoms with E-state index in [9.17, 15) is 19.2 Å². The van der Waals surface area contributed by atoms with Crippen LogP contribution in [0.3, 0.4) is 0 Å². The number of carboxylic acid groups (broad SMARTS) is 3. The van der Waals surface area contributed by atoms with Crippen LogP contribution in [0.1, 0.15) is 6.42 Å². The number of nitrogens with two attached hydrogens (primary N) is 1. The number of carboxylic acids is 3. The Morgan fingerprint density at radius 3 is 1.90 bits per heavy atom. The molecule has 6 N–H and O–H groups in total. The molecule has 0 radical (unpaired) electrons. The van der Waals surface area contributed by atoms with Crippen molar-refractivity contribution in [2.45, 2.75) is 12.5 Å². The Labute approximate surface area is 114 Å². The molecule has 0 fully saturated rings. The molecule has 0 aromatic rings. The highest BCUT2D eigenvalue weighted by atomic mass is 16.4. The molecule has 114 valence electrons. The van der Waals surface area contributed by atoms with Gasteiger partial charge in [-0.3, -0.25) is 24.1 Å². The summed E-state index contributed by atoms with van der Waals surface area (Å²) in [6.07, 6.45) is 0.0128. The Bertz CT molecular complexity index is 369. The number of nitrogens with one attached hydrogen (secondary N) is 1. The van der Waals surface area contributed by atoms with E-state index in [1.165, 1.54) is 0 Å². The van der Waals surface area contributed by atoms with Crippen molar-refractivity contribution in [1.82, 2.24) is 10.2 Å². The van der Waals surface area contributed by atoms with Gasteiger partial charge >= 0.3 is 17.9 Å². The fourth-order valence-corrected chi connectivity index (χ4v) is 1.30. The van der Waals surface area contributed by atoms with Gasteiger partial charge in [-0.2, -0.15) is 0 Å². The van der Waals surface area contributed by atoms with Gasteiger partial charge in [0.1, 0.15) is 6.04 Å². The fourth-order valence-electron chi connectivity index (χ4n) is 1.30. The summed E-state index contributed by atoms with van der Waals surface area (Å²) in [4.78, 5) is 43.8. The number of hydrogen-bond acceptors (Lipinski definition) is 6. The Hall–Kier alpha value is -2.20. The highest BCUT2D eigenvalue weighted by molar-refractivity contribution is 5.80. The number of aliphatic carboxylic acids is 3. The van der Waals surface area contributed by atoms with Gasteiger partial charge in [-0.1, -0.05) is 0 Å². The van der Waals surface area contributed by atoms with Crippen LogP contribution < -0.4 is 11.1 Å². The minimum absolute atomic E-state index is 0.000281. The van der Waals surface area contributed by atoms with Crippen LogP contribution in [0.15, 0.2) is 0 Å². The van der Waals surface area contributed by atoms with Gasteiger partial charge in [0.15, 0.2) is 0 Å². The van der Waals surface area contributed by atoms with E-state index in [1.54, 1.807) is 0 Å². The summed E-state index contributed by atoms with van der Waals surface area (Å²) in [6.45, 7) is -1.59. The van der Waals surface area contributed by atoms with Crippen molar-refractivity contribution >= 4 is 23.8 Å². The van der Waals surface area contributed by atoms with Crippen LogP contribution in [-0.2, 0) is 19.2 Å². The molecule has 0 aliphatic heterocycles. The Morgan fingerprint density at radius 2 is 1.50 bits per heavy atom. The second-order valence-electron chi connectivity index (χ2n) is 4.02. The molecule has 10 heteroatoms. The van der Waals surface area contributed by atoms with Crippen LogP contribution in [0.25, 0.3) is 0 Å². The number of nitrogens with zero attached hydrogens (tertiary/aromatic N) is 1. The van der Waals surface area contributed by atoms with Crippen molar-refractivity contribution in [3.05, 3.63) is 0 Å². The molecule has 0 saturated heterocycles. The third-order valence-electron chi connectivity index (χ3n) is 2.18. The predicted octanol–water partition coefficient (Wildman–Crippen LogP) is -2.62. The molecule has 20 heavy (non-hydrogen) atoms. The fraction of sp³-hybridized carbons (Fsp3) is 0.600. The number of rotatable bonds is 10. The quantitative estimate of drug-likeness (QED) is 0.289. The first-order valence-electron chi connectivity index (χ1n) is 5.63. The first-order valence-corrected chi connectivity index (χ1v) is 5.63. The molecule has 1 amide bonds. The van der Waals surface area contributed by atoms with Crippen molar-refractivity contribution in [1.29, 1.82) is 0 Å². The van der Waals surface area contributed by atoms with Gasteiger partial charge in [0.05, 0.1) is 19.6 Å². The van der Waals surface area contributed by atoms with Crippen molar-refractivity contribution in [3.8, 4) is 0 Å². The van der Waals surface area contributed by atoms with Crippen LogP contribution in [0.2, 0.25) is 0 Å². The second kappa shape index (κ2) is 8.82. The van der Waals surface area contributed by atoms with Crippen LogP contribution >= 0.6 is 0 Å². The van der Waals surface area contributed by atoms with Crippen LogP contribution in [0, 0.1) is 0 Å². The Morgan fingerprint density at radius 1 is 1.00 bits per heavy atom. The van der Waals surface area contributed by atoms with E-state index < -0.39 is 49.5 Å². The lowest BCUT2D eigenvalue weighted by molar-refractivity contribution is -0.143. The summed E-state index contributed by atoms with van der Waals surface area (Å²) >= 11 is 0. The highest BCUT2D eigenvalue weighted by Gasteiger charge is 2.17. The average Bonchev–Trinajstić information content (AvgIpc) is 2.26. The molecule has 0 rings (SSSR count). The Kier molecular flexibility index (Phi) is 7.85. The van der Waals surface area contributed by atoms with Gasteiger partial charge in [0.25, 0.3) is 0 Å². The third-order valence-corrected chi connectivity index (χ3v) is 2.18. The summed E-state index contributed by atoms with van der Waals surface area (Å²) in [5, 5.41) is 28.0. The molecule has 0 aromatic heterocycles. The number of carbonyl (C=O) groups is 4. The first kappa shape index (κ1) is 17.8. The molecule has 0 spiro atoms. The maximum Gasteiger partial charge on any atom is 0.320 e. The predicted molar refractivity (Wildman–Crippen MR) is 64.9 cm³/mol. The van der Waals surface area contributed by atoms with Gasteiger partial charge in [0.2, 0.25) is 5.91 Å².